The number of hydrogen-bond donors (Lipinski definition) is 2. The molecule has 148 valence electrons. The third kappa shape index (κ3) is 8.22. The van der Waals surface area contributed by atoms with Gasteiger partial charge in [-0.25, -0.2) is 0 Å². The third-order valence-corrected chi connectivity index (χ3v) is 4.77. The van der Waals surface area contributed by atoms with Gasteiger partial charge in [0.05, 0.1) is 0 Å². The fourth-order valence-corrected chi connectivity index (χ4v) is 3.32. The standard InChI is InChI=1S/C20H34N4O.HI/c1-4-25-14-8-12-22-20(21-3)23-19-11-13-24(17(2)15-19)16-18-9-6-5-7-10-18;/h5-7,9-10,17,19H,4,8,11-16H2,1-3H3,(H2,21,22,23);1H. The van der Waals surface area contributed by atoms with Crippen LogP contribution in [-0.2, 0) is 11.3 Å². The van der Waals surface area contributed by atoms with Crippen LogP contribution in [0.15, 0.2) is 35.3 Å². The van der Waals surface area contributed by atoms with Gasteiger partial charge in [-0.15, -0.1) is 24.0 Å². The Labute approximate surface area is 176 Å². The van der Waals surface area contributed by atoms with Gasteiger partial charge in [-0.1, -0.05) is 30.3 Å². The lowest BCUT2D eigenvalue weighted by molar-refractivity contribution is 0.134. The van der Waals surface area contributed by atoms with Crippen LogP contribution in [0.2, 0.25) is 0 Å². The Bertz CT molecular complexity index is 512. The van der Waals surface area contributed by atoms with Gasteiger partial charge in [0.1, 0.15) is 0 Å². The van der Waals surface area contributed by atoms with Crippen LogP contribution in [0.5, 0.6) is 0 Å². The fraction of sp³-hybridized carbons (Fsp3) is 0.650. The average molecular weight is 474 g/mol. The van der Waals surface area contributed by atoms with E-state index >= 15 is 0 Å². The number of nitrogens with one attached hydrogen (secondary N) is 2. The molecular weight excluding hydrogens is 439 g/mol. The molecule has 1 heterocycles. The average Bonchev–Trinajstić information content (AvgIpc) is 2.63. The number of rotatable bonds is 8. The first kappa shape index (κ1) is 23.2. The van der Waals surface area contributed by atoms with Crippen molar-refractivity contribution in [2.75, 3.05) is 33.4 Å². The first-order valence-electron chi connectivity index (χ1n) is 9.55. The number of piperidine rings is 1. The number of nitrogens with zero attached hydrogens (tertiary/aromatic N) is 2. The monoisotopic (exact) mass is 474 g/mol. The molecule has 1 aromatic rings. The molecule has 0 radical (unpaired) electrons. The summed E-state index contributed by atoms with van der Waals surface area (Å²) in [4.78, 5) is 6.93. The minimum absolute atomic E-state index is 0. The van der Waals surface area contributed by atoms with Crippen LogP contribution in [0.25, 0.3) is 0 Å². The summed E-state index contributed by atoms with van der Waals surface area (Å²) in [5, 5.41) is 6.97. The van der Waals surface area contributed by atoms with Crippen LogP contribution in [0.3, 0.4) is 0 Å². The van der Waals surface area contributed by atoms with Crippen LogP contribution in [0.4, 0.5) is 0 Å². The van der Waals surface area contributed by atoms with Crippen molar-refractivity contribution in [2.24, 2.45) is 4.99 Å². The molecule has 0 spiro atoms. The van der Waals surface area contributed by atoms with E-state index in [-0.39, 0.29) is 24.0 Å². The zero-order valence-corrected chi connectivity index (χ0v) is 18.7. The number of likely N-dealkylation sites (tertiary alicyclic amines) is 1. The maximum Gasteiger partial charge on any atom is 0.191 e. The van der Waals surface area contributed by atoms with Crippen molar-refractivity contribution in [1.82, 2.24) is 15.5 Å². The van der Waals surface area contributed by atoms with Crippen molar-refractivity contribution in [3.63, 3.8) is 0 Å². The number of guanidine groups is 1. The predicted octanol–water partition coefficient (Wildman–Crippen LogP) is 3.25. The van der Waals surface area contributed by atoms with Gasteiger partial charge >= 0.3 is 0 Å². The van der Waals surface area contributed by atoms with Crippen molar-refractivity contribution in [1.29, 1.82) is 0 Å². The highest BCUT2D eigenvalue weighted by Crippen LogP contribution is 2.19. The van der Waals surface area contributed by atoms with Gasteiger partial charge in [0.2, 0.25) is 0 Å². The summed E-state index contributed by atoms with van der Waals surface area (Å²) < 4.78 is 5.37. The Balaban J connectivity index is 0.00000338. The van der Waals surface area contributed by atoms with E-state index in [0.717, 1.165) is 58.1 Å². The van der Waals surface area contributed by atoms with E-state index in [9.17, 15) is 0 Å². The Morgan fingerprint density at radius 1 is 1.31 bits per heavy atom. The summed E-state index contributed by atoms with van der Waals surface area (Å²) in [6, 6.07) is 11.8. The van der Waals surface area contributed by atoms with Crippen LogP contribution in [-0.4, -0.2) is 56.3 Å². The molecule has 1 aliphatic heterocycles. The van der Waals surface area contributed by atoms with Crippen molar-refractivity contribution >= 4 is 29.9 Å². The Morgan fingerprint density at radius 3 is 2.73 bits per heavy atom. The number of aliphatic imine (C=N–C) groups is 1. The van der Waals surface area contributed by atoms with Gasteiger partial charge in [-0.3, -0.25) is 9.89 Å². The zero-order chi connectivity index (χ0) is 17.9. The topological polar surface area (TPSA) is 48.9 Å². The molecule has 0 bridgehead atoms. The maximum absolute atomic E-state index is 5.37. The molecule has 2 unspecified atom stereocenters. The van der Waals surface area contributed by atoms with Gasteiger partial charge < -0.3 is 15.4 Å². The quantitative estimate of drug-likeness (QED) is 0.263. The largest absolute Gasteiger partial charge is 0.382 e. The van der Waals surface area contributed by atoms with Crippen LogP contribution in [0, 0.1) is 0 Å². The molecule has 2 atom stereocenters. The van der Waals surface area contributed by atoms with Crippen LogP contribution in [0.1, 0.15) is 38.7 Å². The fourth-order valence-electron chi connectivity index (χ4n) is 3.32. The number of ether oxygens (including phenoxy) is 1. The first-order valence-corrected chi connectivity index (χ1v) is 9.55. The lowest BCUT2D eigenvalue weighted by Crippen LogP contribution is -2.51. The smallest absolute Gasteiger partial charge is 0.191 e. The van der Waals surface area contributed by atoms with E-state index in [1.807, 2.05) is 14.0 Å². The molecule has 6 heteroatoms. The van der Waals surface area contributed by atoms with Crippen molar-refractivity contribution in [2.45, 2.75) is 51.7 Å². The van der Waals surface area contributed by atoms with E-state index in [1.165, 1.54) is 5.56 Å². The van der Waals surface area contributed by atoms with E-state index in [0.29, 0.717) is 12.1 Å². The number of benzene rings is 1. The van der Waals surface area contributed by atoms with Crippen LogP contribution >= 0.6 is 24.0 Å². The minimum Gasteiger partial charge on any atom is -0.382 e. The zero-order valence-electron chi connectivity index (χ0n) is 16.4. The van der Waals surface area contributed by atoms with Gasteiger partial charge in [-0.05, 0) is 38.7 Å². The Kier molecular flexibility index (Phi) is 11.9. The van der Waals surface area contributed by atoms with Gasteiger partial charge in [-0.2, -0.15) is 0 Å². The van der Waals surface area contributed by atoms with E-state index < -0.39 is 0 Å². The summed E-state index contributed by atoms with van der Waals surface area (Å²) >= 11 is 0. The van der Waals surface area contributed by atoms with Crippen LogP contribution < -0.4 is 10.6 Å². The molecule has 1 fully saturated rings. The number of halogens is 1. The first-order chi connectivity index (χ1) is 12.2. The molecule has 1 saturated heterocycles. The second-order valence-electron chi connectivity index (χ2n) is 6.72. The normalized spacial score (nSPS) is 21.1. The molecule has 2 N–H and O–H groups in total. The minimum atomic E-state index is 0. The molecule has 0 saturated carbocycles. The summed E-state index contributed by atoms with van der Waals surface area (Å²) in [6.45, 7) is 8.99. The molecule has 0 aromatic heterocycles. The molecule has 1 aliphatic rings. The van der Waals surface area contributed by atoms with Gasteiger partial charge in [0, 0.05) is 52.0 Å². The Hall–Kier alpha value is -0.860. The second kappa shape index (κ2) is 13.3. The number of hydrogen-bond acceptors (Lipinski definition) is 3. The van der Waals surface area contributed by atoms with E-state index in [1.54, 1.807) is 0 Å². The summed E-state index contributed by atoms with van der Waals surface area (Å²) in [7, 11) is 1.84. The SMILES string of the molecule is CCOCCCNC(=NC)NC1CCN(Cc2ccccc2)C(C)C1.I. The molecule has 5 nitrogen and oxygen atoms in total. The highest BCUT2D eigenvalue weighted by molar-refractivity contribution is 14.0. The highest BCUT2D eigenvalue weighted by atomic mass is 127. The van der Waals surface area contributed by atoms with Gasteiger partial charge in [0.15, 0.2) is 5.96 Å². The highest BCUT2D eigenvalue weighted by Gasteiger charge is 2.25. The summed E-state index contributed by atoms with van der Waals surface area (Å²) in [6.07, 6.45) is 3.30. The molecule has 26 heavy (non-hydrogen) atoms. The lowest BCUT2D eigenvalue weighted by atomic mass is 9.97. The van der Waals surface area contributed by atoms with E-state index in [4.69, 9.17) is 4.74 Å². The summed E-state index contributed by atoms with van der Waals surface area (Å²) in [5.74, 6) is 0.908. The maximum atomic E-state index is 5.37. The molecule has 1 aromatic carbocycles. The second-order valence-corrected chi connectivity index (χ2v) is 6.72. The molecule has 0 aliphatic carbocycles. The molecule has 2 rings (SSSR count). The molecule has 0 amide bonds. The lowest BCUT2D eigenvalue weighted by Gasteiger charge is -2.38. The Morgan fingerprint density at radius 2 is 2.08 bits per heavy atom. The van der Waals surface area contributed by atoms with Crippen molar-refractivity contribution < 1.29 is 4.74 Å². The predicted molar refractivity (Wildman–Crippen MR) is 120 cm³/mol. The third-order valence-electron chi connectivity index (χ3n) is 4.77. The summed E-state index contributed by atoms with van der Waals surface area (Å²) in [5.41, 5.74) is 1.40. The van der Waals surface area contributed by atoms with Gasteiger partial charge in [0.25, 0.3) is 0 Å². The van der Waals surface area contributed by atoms with Crippen molar-refractivity contribution in [3.05, 3.63) is 35.9 Å². The molecular formula is C20H35IN4O. The van der Waals surface area contributed by atoms with Crippen molar-refractivity contribution in [3.8, 4) is 0 Å². The van der Waals surface area contributed by atoms with E-state index in [2.05, 4.69) is 57.8 Å².